The number of aromatic nitrogens is 3. The molecule has 0 aliphatic rings. The van der Waals surface area contributed by atoms with E-state index in [1.165, 1.54) is 71.4 Å². The molecule has 0 fully saturated rings. The molecule has 3 nitrogen and oxygen atoms in total. The lowest BCUT2D eigenvalue weighted by Crippen LogP contribution is -1.95. The molecular weight excluding hydrogens is 751 g/mol. The first kappa shape index (κ1) is 35.7. The van der Waals surface area contributed by atoms with Gasteiger partial charge in [-0.15, -0.1) is 0 Å². The van der Waals surface area contributed by atoms with Crippen molar-refractivity contribution in [2.75, 3.05) is 0 Å². The third-order valence-electron chi connectivity index (χ3n) is 12.3. The van der Waals surface area contributed by atoms with Crippen LogP contribution in [-0.4, -0.2) is 14.1 Å². The van der Waals surface area contributed by atoms with E-state index in [-0.39, 0.29) is 0 Å². The lowest BCUT2D eigenvalue weighted by atomic mass is 9.98. The number of pyridine rings is 1. The maximum Gasteiger partial charge on any atom is 0.0715 e. The summed E-state index contributed by atoms with van der Waals surface area (Å²) in [5, 5.41) is 4.97. The molecule has 12 aromatic rings. The van der Waals surface area contributed by atoms with E-state index in [1.54, 1.807) is 0 Å². The van der Waals surface area contributed by atoms with Gasteiger partial charge in [0.2, 0.25) is 0 Å². The van der Waals surface area contributed by atoms with Crippen molar-refractivity contribution in [1.82, 2.24) is 14.1 Å². The zero-order valence-electron chi connectivity index (χ0n) is 33.9. The van der Waals surface area contributed by atoms with E-state index < -0.39 is 0 Å². The summed E-state index contributed by atoms with van der Waals surface area (Å²) in [7, 11) is 0. The average molecular weight is 790 g/mol. The summed E-state index contributed by atoms with van der Waals surface area (Å²) < 4.78 is 4.80. The first-order chi connectivity index (χ1) is 30.7. The molecule has 0 radical (unpaired) electrons. The first-order valence-corrected chi connectivity index (χ1v) is 21.2. The Kier molecular flexibility index (Phi) is 8.50. The predicted octanol–water partition coefficient (Wildman–Crippen LogP) is 15.6. The third kappa shape index (κ3) is 6.10. The topological polar surface area (TPSA) is 22.8 Å². The van der Waals surface area contributed by atoms with Gasteiger partial charge in [-0.1, -0.05) is 170 Å². The molecule has 0 unspecified atom stereocenters. The van der Waals surface area contributed by atoms with Crippen LogP contribution in [0.2, 0.25) is 0 Å². The lowest BCUT2D eigenvalue weighted by Gasteiger charge is -2.12. The third-order valence-corrected chi connectivity index (χ3v) is 12.3. The van der Waals surface area contributed by atoms with Gasteiger partial charge in [-0.2, -0.15) is 0 Å². The zero-order chi connectivity index (χ0) is 41.0. The standard InChI is InChI=1S/C59H39N3/c1-4-15-40(16-5-1)47-37-54(42-17-6-2-7-18-42)60-55(38-47)43-29-27-41(28-30-43)45-32-34-58-53(36-45)51-24-11-13-26-57(51)62(58)49-22-14-19-44(35-49)46-31-33-52-50-23-10-12-25-56(50)61(59(52)39-46)48-20-8-3-9-21-48/h1-39H. The molecule has 3 heterocycles. The van der Waals surface area contributed by atoms with Crippen LogP contribution in [0.4, 0.5) is 0 Å². The molecule has 0 saturated heterocycles. The maximum atomic E-state index is 5.17. The van der Waals surface area contributed by atoms with Gasteiger partial charge in [-0.05, 0) is 100 Å². The van der Waals surface area contributed by atoms with E-state index in [2.05, 4.69) is 240 Å². The highest BCUT2D eigenvalue weighted by Gasteiger charge is 2.17. The van der Waals surface area contributed by atoms with Gasteiger partial charge in [0, 0.05) is 44.0 Å². The van der Waals surface area contributed by atoms with Gasteiger partial charge in [0.25, 0.3) is 0 Å². The molecule has 0 aliphatic carbocycles. The van der Waals surface area contributed by atoms with E-state index >= 15 is 0 Å². The Morgan fingerprint density at radius 1 is 0.226 bits per heavy atom. The Bertz CT molecular complexity index is 3540. The Morgan fingerprint density at radius 2 is 0.661 bits per heavy atom. The Morgan fingerprint density at radius 3 is 1.37 bits per heavy atom. The monoisotopic (exact) mass is 789 g/mol. The largest absolute Gasteiger partial charge is 0.309 e. The minimum atomic E-state index is 0.955. The van der Waals surface area contributed by atoms with Gasteiger partial charge in [0.05, 0.1) is 33.5 Å². The summed E-state index contributed by atoms with van der Waals surface area (Å²) in [6.07, 6.45) is 0. The Balaban J connectivity index is 0.923. The summed E-state index contributed by atoms with van der Waals surface area (Å²) in [4.78, 5) is 5.17. The lowest BCUT2D eigenvalue weighted by molar-refractivity contribution is 1.18. The summed E-state index contributed by atoms with van der Waals surface area (Å²) >= 11 is 0. The highest BCUT2D eigenvalue weighted by atomic mass is 15.0. The van der Waals surface area contributed by atoms with Gasteiger partial charge >= 0.3 is 0 Å². The molecule has 0 bridgehead atoms. The van der Waals surface area contributed by atoms with Crippen molar-refractivity contribution in [2.45, 2.75) is 0 Å². The van der Waals surface area contributed by atoms with E-state index in [0.29, 0.717) is 0 Å². The number of nitrogens with zero attached hydrogens (tertiary/aromatic N) is 3. The van der Waals surface area contributed by atoms with Crippen molar-refractivity contribution in [1.29, 1.82) is 0 Å². The highest BCUT2D eigenvalue weighted by molar-refractivity contribution is 6.11. The van der Waals surface area contributed by atoms with Crippen LogP contribution in [0.1, 0.15) is 0 Å². The molecule has 0 saturated carbocycles. The SMILES string of the molecule is c1ccc(-c2cc(-c3ccccc3)nc(-c3ccc(-c4ccc5c(c4)c4ccccc4n5-c4cccc(-c5ccc6c7ccccc7n(-c7ccccc7)c6c5)c4)cc3)c2)cc1. The van der Waals surface area contributed by atoms with E-state index in [4.69, 9.17) is 4.98 Å². The fraction of sp³-hybridized carbons (Fsp3) is 0. The van der Waals surface area contributed by atoms with Crippen LogP contribution in [0.25, 0.3) is 111 Å². The van der Waals surface area contributed by atoms with Crippen LogP contribution in [-0.2, 0) is 0 Å². The molecule has 9 aromatic carbocycles. The average Bonchev–Trinajstić information content (AvgIpc) is 3.87. The van der Waals surface area contributed by atoms with Crippen LogP contribution in [0, 0.1) is 0 Å². The minimum Gasteiger partial charge on any atom is -0.309 e. The van der Waals surface area contributed by atoms with Crippen LogP contribution in [0.3, 0.4) is 0 Å². The molecular formula is C59H39N3. The van der Waals surface area contributed by atoms with Gasteiger partial charge in [0.1, 0.15) is 0 Å². The molecule has 0 amide bonds. The maximum absolute atomic E-state index is 5.17. The van der Waals surface area contributed by atoms with Gasteiger partial charge < -0.3 is 9.13 Å². The van der Waals surface area contributed by atoms with Crippen molar-refractivity contribution >= 4 is 43.6 Å². The smallest absolute Gasteiger partial charge is 0.0715 e. The first-order valence-electron chi connectivity index (χ1n) is 21.2. The van der Waals surface area contributed by atoms with Gasteiger partial charge in [0.15, 0.2) is 0 Å². The Hall–Kier alpha value is -8.27. The van der Waals surface area contributed by atoms with Crippen molar-refractivity contribution in [3.8, 4) is 67.3 Å². The van der Waals surface area contributed by atoms with E-state index in [9.17, 15) is 0 Å². The molecule has 0 N–H and O–H groups in total. The predicted molar refractivity (Wildman–Crippen MR) is 260 cm³/mol. The second kappa shape index (κ2) is 14.8. The normalized spacial score (nSPS) is 11.5. The van der Waals surface area contributed by atoms with E-state index in [0.717, 1.165) is 39.5 Å². The minimum absolute atomic E-state index is 0.955. The van der Waals surface area contributed by atoms with Gasteiger partial charge in [-0.25, -0.2) is 4.98 Å². The number of rotatable bonds is 7. The molecule has 3 aromatic heterocycles. The number of fused-ring (bicyclic) bond motifs is 6. The second-order valence-corrected chi connectivity index (χ2v) is 16.0. The van der Waals surface area contributed by atoms with E-state index in [1.807, 2.05) is 6.07 Å². The number of hydrogen-bond acceptors (Lipinski definition) is 1. The molecule has 12 rings (SSSR count). The van der Waals surface area contributed by atoms with Crippen LogP contribution >= 0.6 is 0 Å². The zero-order valence-corrected chi connectivity index (χ0v) is 33.9. The summed E-state index contributed by atoms with van der Waals surface area (Å²) in [6, 6.07) is 85.2. The van der Waals surface area contributed by atoms with Crippen molar-refractivity contribution < 1.29 is 0 Å². The molecule has 0 spiro atoms. The van der Waals surface area contributed by atoms with Crippen LogP contribution in [0.15, 0.2) is 237 Å². The Labute approximate surface area is 360 Å². The molecule has 0 atom stereocenters. The van der Waals surface area contributed by atoms with Crippen molar-refractivity contribution in [3.63, 3.8) is 0 Å². The summed E-state index contributed by atoms with van der Waals surface area (Å²) in [5.74, 6) is 0. The fourth-order valence-corrected chi connectivity index (χ4v) is 9.33. The van der Waals surface area contributed by atoms with Crippen LogP contribution in [0.5, 0.6) is 0 Å². The van der Waals surface area contributed by atoms with Crippen molar-refractivity contribution in [3.05, 3.63) is 237 Å². The molecule has 0 aliphatic heterocycles. The van der Waals surface area contributed by atoms with Crippen molar-refractivity contribution in [2.24, 2.45) is 0 Å². The highest BCUT2D eigenvalue weighted by Crippen LogP contribution is 2.39. The quantitative estimate of drug-likeness (QED) is 0.158. The summed E-state index contributed by atoms with van der Waals surface area (Å²) in [6.45, 7) is 0. The second-order valence-electron chi connectivity index (χ2n) is 16.0. The molecule has 290 valence electrons. The summed E-state index contributed by atoms with van der Waals surface area (Å²) in [5.41, 5.74) is 18.2. The molecule has 3 heteroatoms. The number of hydrogen-bond donors (Lipinski definition) is 0. The van der Waals surface area contributed by atoms with Gasteiger partial charge in [-0.3, -0.25) is 0 Å². The number of para-hydroxylation sites is 3. The molecule has 62 heavy (non-hydrogen) atoms. The fourth-order valence-electron chi connectivity index (χ4n) is 9.33. The number of benzene rings is 9. The van der Waals surface area contributed by atoms with Crippen LogP contribution < -0.4 is 0 Å².